The molecule has 1 amide bonds. The molecule has 31 heavy (non-hydrogen) atoms. The minimum absolute atomic E-state index is 0.181. The maximum Gasteiger partial charge on any atom is 0.291 e. The van der Waals surface area contributed by atoms with E-state index in [1.807, 2.05) is 25.1 Å². The van der Waals surface area contributed by atoms with Crippen LogP contribution in [-0.4, -0.2) is 25.7 Å². The average molecular weight is 470 g/mol. The van der Waals surface area contributed by atoms with Gasteiger partial charge < -0.3 is 9.73 Å². The number of carbonyl (C=O) groups is 1. The van der Waals surface area contributed by atoms with Gasteiger partial charge in [-0.2, -0.15) is 9.61 Å². The van der Waals surface area contributed by atoms with Gasteiger partial charge in [0.2, 0.25) is 4.96 Å². The summed E-state index contributed by atoms with van der Waals surface area (Å²) in [5.41, 5.74) is 2.22. The van der Waals surface area contributed by atoms with Crippen LogP contribution >= 0.6 is 34.5 Å². The Morgan fingerprint density at radius 1 is 1.03 bits per heavy atom. The van der Waals surface area contributed by atoms with E-state index in [1.54, 1.807) is 40.9 Å². The number of furan rings is 1. The van der Waals surface area contributed by atoms with Gasteiger partial charge in [-0.15, -0.1) is 10.2 Å². The van der Waals surface area contributed by atoms with Crippen LogP contribution in [-0.2, 0) is 0 Å². The zero-order chi connectivity index (χ0) is 21.5. The normalized spacial score (nSPS) is 11.2. The molecule has 5 rings (SSSR count). The predicted molar refractivity (Wildman–Crippen MR) is 121 cm³/mol. The van der Waals surface area contributed by atoms with Gasteiger partial charge in [0.1, 0.15) is 10.8 Å². The second-order valence-corrected chi connectivity index (χ2v) is 8.45. The molecular weight excluding hydrogens is 457 g/mol. The molecule has 2 aromatic carbocycles. The molecule has 0 saturated carbocycles. The van der Waals surface area contributed by atoms with Crippen LogP contribution in [0.3, 0.4) is 0 Å². The second-order valence-electron chi connectivity index (χ2n) is 6.68. The van der Waals surface area contributed by atoms with E-state index < -0.39 is 0 Å². The fourth-order valence-electron chi connectivity index (χ4n) is 3.02. The highest BCUT2D eigenvalue weighted by molar-refractivity contribution is 7.19. The van der Waals surface area contributed by atoms with Crippen LogP contribution < -0.4 is 5.32 Å². The van der Waals surface area contributed by atoms with Crippen molar-refractivity contribution in [2.24, 2.45) is 0 Å². The Morgan fingerprint density at radius 2 is 1.90 bits per heavy atom. The van der Waals surface area contributed by atoms with Crippen molar-refractivity contribution in [1.29, 1.82) is 0 Å². The Balaban J connectivity index is 1.36. The Morgan fingerprint density at radius 3 is 2.71 bits per heavy atom. The third-order valence-electron chi connectivity index (χ3n) is 4.55. The van der Waals surface area contributed by atoms with E-state index in [2.05, 4.69) is 20.6 Å². The molecule has 0 spiro atoms. The highest BCUT2D eigenvalue weighted by Gasteiger charge is 2.15. The average Bonchev–Trinajstić information content (AvgIpc) is 3.48. The van der Waals surface area contributed by atoms with Crippen molar-refractivity contribution < 1.29 is 9.21 Å². The lowest BCUT2D eigenvalue weighted by molar-refractivity contribution is 0.0997. The number of carbonyl (C=O) groups excluding carboxylic acids is 1. The molecule has 0 aliphatic carbocycles. The minimum Gasteiger partial charge on any atom is -0.451 e. The van der Waals surface area contributed by atoms with E-state index in [0.717, 1.165) is 22.0 Å². The van der Waals surface area contributed by atoms with Crippen molar-refractivity contribution in [2.75, 3.05) is 5.32 Å². The number of aryl methyl sites for hydroxylation is 1. The lowest BCUT2D eigenvalue weighted by Gasteiger charge is -2.05. The fourth-order valence-corrected chi connectivity index (χ4v) is 4.20. The highest BCUT2D eigenvalue weighted by atomic mass is 35.5. The zero-order valence-electron chi connectivity index (χ0n) is 16.0. The zero-order valence-corrected chi connectivity index (χ0v) is 18.3. The lowest BCUT2D eigenvalue weighted by atomic mass is 10.2. The van der Waals surface area contributed by atoms with E-state index in [9.17, 15) is 4.79 Å². The first-order valence-electron chi connectivity index (χ1n) is 9.14. The lowest BCUT2D eigenvalue weighted by Crippen LogP contribution is -2.10. The van der Waals surface area contributed by atoms with Gasteiger partial charge in [0.05, 0.1) is 10.0 Å². The molecular formula is C21H13Cl2N5O2S. The van der Waals surface area contributed by atoms with Gasteiger partial charge in [-0.3, -0.25) is 4.79 Å². The van der Waals surface area contributed by atoms with Crippen LogP contribution in [0.4, 0.5) is 5.69 Å². The van der Waals surface area contributed by atoms with Crippen LogP contribution in [0, 0.1) is 6.92 Å². The molecule has 3 aromatic heterocycles. The van der Waals surface area contributed by atoms with Crippen LogP contribution in [0.2, 0.25) is 10.0 Å². The van der Waals surface area contributed by atoms with E-state index in [0.29, 0.717) is 26.5 Å². The molecule has 0 fully saturated rings. The fraction of sp³-hybridized carbons (Fsp3) is 0.0476. The topological polar surface area (TPSA) is 85.3 Å². The van der Waals surface area contributed by atoms with Crippen molar-refractivity contribution in [3.8, 4) is 21.9 Å². The molecule has 0 radical (unpaired) electrons. The number of fused-ring (bicyclic) bond motifs is 1. The quantitative estimate of drug-likeness (QED) is 0.349. The van der Waals surface area contributed by atoms with Crippen LogP contribution in [0.25, 0.3) is 26.9 Å². The van der Waals surface area contributed by atoms with Crippen molar-refractivity contribution >= 4 is 51.1 Å². The number of anilines is 1. The molecule has 0 aliphatic heterocycles. The Kier molecular flexibility index (Phi) is 4.97. The van der Waals surface area contributed by atoms with Crippen LogP contribution in [0.1, 0.15) is 16.4 Å². The molecule has 1 N–H and O–H groups in total. The van der Waals surface area contributed by atoms with Crippen molar-refractivity contribution in [3.05, 3.63) is 76.2 Å². The summed E-state index contributed by atoms with van der Waals surface area (Å²) in [6.45, 7) is 1.84. The third kappa shape index (κ3) is 3.81. The van der Waals surface area contributed by atoms with Gasteiger partial charge in [-0.25, -0.2) is 0 Å². The Labute approximate surface area is 190 Å². The summed E-state index contributed by atoms with van der Waals surface area (Å²) >= 11 is 13.4. The maximum absolute atomic E-state index is 12.7. The van der Waals surface area contributed by atoms with E-state index in [4.69, 9.17) is 27.6 Å². The number of hydrogen-bond acceptors (Lipinski definition) is 6. The number of aromatic nitrogens is 4. The standard InChI is InChI=1S/C21H13Cl2N5O2S/c1-11-25-26-21-28(11)27-20(31-21)13-3-2-4-14(9-13)24-19(29)18-8-7-17(30-18)12-5-6-15(22)16(23)10-12/h2-10H,1H3,(H,24,29). The third-order valence-corrected chi connectivity index (χ3v) is 6.23. The molecule has 0 aliphatic rings. The number of benzene rings is 2. The second kappa shape index (κ2) is 7.81. The summed E-state index contributed by atoms with van der Waals surface area (Å²) < 4.78 is 7.41. The van der Waals surface area contributed by atoms with E-state index >= 15 is 0 Å². The largest absolute Gasteiger partial charge is 0.451 e. The molecule has 0 saturated heterocycles. The Bertz CT molecular complexity index is 1440. The summed E-state index contributed by atoms with van der Waals surface area (Å²) in [4.78, 5) is 13.4. The molecule has 0 unspecified atom stereocenters. The molecule has 5 aromatic rings. The Hall–Kier alpha value is -3.20. The van der Waals surface area contributed by atoms with Gasteiger partial charge in [-0.05, 0) is 49.4 Å². The number of nitrogens with zero attached hydrogens (tertiary/aromatic N) is 4. The first-order valence-corrected chi connectivity index (χ1v) is 10.7. The van der Waals surface area contributed by atoms with Gasteiger partial charge in [0, 0.05) is 16.8 Å². The van der Waals surface area contributed by atoms with Crippen LogP contribution in [0.5, 0.6) is 0 Å². The molecule has 154 valence electrons. The minimum atomic E-state index is -0.363. The van der Waals surface area contributed by atoms with Crippen LogP contribution in [0.15, 0.2) is 59.0 Å². The molecule has 0 bridgehead atoms. The first kappa shape index (κ1) is 19.7. The van der Waals surface area contributed by atoms with Crippen molar-refractivity contribution in [1.82, 2.24) is 19.8 Å². The monoisotopic (exact) mass is 469 g/mol. The maximum atomic E-state index is 12.7. The summed E-state index contributed by atoms with van der Waals surface area (Å²) in [5, 5.41) is 17.1. The molecule has 10 heteroatoms. The summed E-state index contributed by atoms with van der Waals surface area (Å²) in [6.07, 6.45) is 0. The van der Waals surface area contributed by atoms with Crippen molar-refractivity contribution in [2.45, 2.75) is 6.92 Å². The summed E-state index contributed by atoms with van der Waals surface area (Å²) in [7, 11) is 0. The summed E-state index contributed by atoms with van der Waals surface area (Å²) in [6, 6.07) is 15.9. The molecule has 0 atom stereocenters. The van der Waals surface area contributed by atoms with Crippen molar-refractivity contribution in [3.63, 3.8) is 0 Å². The predicted octanol–water partition coefficient (Wildman–Crippen LogP) is 5.98. The number of halogens is 2. The molecule has 7 nitrogen and oxygen atoms in total. The summed E-state index contributed by atoms with van der Waals surface area (Å²) in [5.74, 6) is 1.06. The SMILES string of the molecule is Cc1nnc2sc(-c3cccc(NC(=O)c4ccc(-c5ccc(Cl)c(Cl)c5)o4)c3)nn12. The first-order chi connectivity index (χ1) is 15.0. The van der Waals surface area contributed by atoms with Gasteiger partial charge in [0.15, 0.2) is 11.6 Å². The van der Waals surface area contributed by atoms with Gasteiger partial charge in [-0.1, -0.05) is 46.7 Å². The smallest absolute Gasteiger partial charge is 0.291 e. The number of rotatable bonds is 4. The highest BCUT2D eigenvalue weighted by Crippen LogP contribution is 2.30. The number of amides is 1. The van der Waals surface area contributed by atoms with E-state index in [-0.39, 0.29) is 11.7 Å². The number of nitrogens with one attached hydrogen (secondary N) is 1. The van der Waals surface area contributed by atoms with Gasteiger partial charge in [0.25, 0.3) is 5.91 Å². The molecule has 3 heterocycles. The number of hydrogen-bond donors (Lipinski definition) is 1. The van der Waals surface area contributed by atoms with E-state index in [1.165, 1.54) is 11.3 Å². The van der Waals surface area contributed by atoms with Gasteiger partial charge >= 0.3 is 0 Å².